The van der Waals surface area contributed by atoms with Gasteiger partial charge < -0.3 is 20.7 Å². The molecule has 3 aromatic rings. The Labute approximate surface area is 229 Å². The summed E-state index contributed by atoms with van der Waals surface area (Å²) in [6, 6.07) is 18.8. The third kappa shape index (κ3) is 8.67. The van der Waals surface area contributed by atoms with Gasteiger partial charge in [0.05, 0.1) is 12.0 Å². The maximum atomic E-state index is 13.5. The van der Waals surface area contributed by atoms with Crippen LogP contribution in [0.2, 0.25) is 0 Å². The van der Waals surface area contributed by atoms with Gasteiger partial charge in [-0.05, 0) is 53.4 Å². The van der Waals surface area contributed by atoms with Gasteiger partial charge in [-0.3, -0.25) is 5.32 Å². The van der Waals surface area contributed by atoms with Crippen LogP contribution in [0.5, 0.6) is 5.75 Å². The summed E-state index contributed by atoms with van der Waals surface area (Å²) < 4.78 is 33.3. The first-order valence-electron chi connectivity index (χ1n) is 12.6. The minimum atomic E-state index is -3.92. The van der Waals surface area contributed by atoms with E-state index >= 15 is 0 Å². The molecular formula is C28H36N4O6S. The van der Waals surface area contributed by atoms with E-state index in [-0.39, 0.29) is 36.7 Å². The number of benzene rings is 2. The molecule has 10 nitrogen and oxygen atoms in total. The molecule has 0 aliphatic rings. The molecule has 210 valence electrons. The minimum Gasteiger partial charge on any atom is -0.497 e. The lowest BCUT2D eigenvalue weighted by Crippen LogP contribution is -2.52. The van der Waals surface area contributed by atoms with E-state index < -0.39 is 21.8 Å². The number of nitrogen functional groups attached to an aromatic ring is 1. The predicted molar refractivity (Wildman–Crippen MR) is 149 cm³/mol. The lowest BCUT2D eigenvalue weighted by atomic mass is 9.96. The second kappa shape index (κ2) is 12.9. The van der Waals surface area contributed by atoms with Crippen LogP contribution >= 0.6 is 0 Å². The Bertz CT molecular complexity index is 1360. The predicted octanol–water partition coefficient (Wildman–Crippen LogP) is 3.50. The number of nitrogens with one attached hydrogen (secondary N) is 1. The first-order chi connectivity index (χ1) is 18.4. The molecule has 0 aliphatic carbocycles. The second-order valence-electron chi connectivity index (χ2n) is 9.87. The van der Waals surface area contributed by atoms with Gasteiger partial charge in [0, 0.05) is 38.0 Å². The molecule has 1 amide bonds. The fourth-order valence-electron chi connectivity index (χ4n) is 4.31. The number of ether oxygens (including phenoxy) is 1. The highest BCUT2D eigenvalue weighted by Crippen LogP contribution is 2.24. The number of nitrogens with zero attached hydrogens (tertiary/aromatic N) is 2. The number of carboxylic acid groups (broad SMARTS) is 1. The maximum absolute atomic E-state index is 13.5. The highest BCUT2D eigenvalue weighted by molar-refractivity contribution is 7.89. The fourth-order valence-corrected chi connectivity index (χ4v) is 5.91. The molecule has 1 aromatic heterocycles. The number of aromatic nitrogens is 1. The Morgan fingerprint density at radius 3 is 2.38 bits per heavy atom. The SMILES string of the molecule is COc1ccc(S(=O)(=O)N(CCC(O)(Cc2cccc(Cc3cccc(N)n3)c2)NC(=O)O)CC(C)C)cc1. The summed E-state index contributed by atoms with van der Waals surface area (Å²) in [5.41, 5.74) is 6.24. The number of hydrogen-bond acceptors (Lipinski definition) is 7. The standard InChI is InChI=1S/C28H36N4O6S/c1-20(2)19-32(39(36,37)25-12-10-24(38-3)11-13-25)15-14-28(35,31-27(33)34)18-22-7-4-6-21(16-22)17-23-8-5-9-26(29)30-23/h4-13,16,20,31,35H,14-15,17-19H2,1-3H3,(H2,29,30)(H,33,34). The van der Waals surface area contributed by atoms with E-state index in [2.05, 4.69) is 10.3 Å². The van der Waals surface area contributed by atoms with Crippen LogP contribution in [0.1, 0.15) is 37.1 Å². The molecule has 2 aromatic carbocycles. The van der Waals surface area contributed by atoms with Gasteiger partial charge in [0.1, 0.15) is 17.3 Å². The molecular weight excluding hydrogens is 520 g/mol. The summed E-state index contributed by atoms with van der Waals surface area (Å²) in [4.78, 5) is 16.0. The Balaban J connectivity index is 1.82. The Kier molecular flexibility index (Phi) is 9.90. The summed E-state index contributed by atoms with van der Waals surface area (Å²) >= 11 is 0. The van der Waals surface area contributed by atoms with Crippen LogP contribution < -0.4 is 15.8 Å². The van der Waals surface area contributed by atoms with Crippen molar-refractivity contribution in [3.63, 3.8) is 0 Å². The quantitative estimate of drug-likeness (QED) is 0.233. The van der Waals surface area contributed by atoms with Crippen molar-refractivity contribution in [3.8, 4) is 5.75 Å². The van der Waals surface area contributed by atoms with Gasteiger partial charge in [0.15, 0.2) is 0 Å². The molecule has 11 heteroatoms. The number of nitrogens with two attached hydrogens (primary N) is 1. The summed E-state index contributed by atoms with van der Waals surface area (Å²) in [7, 11) is -2.42. The van der Waals surface area contributed by atoms with Crippen molar-refractivity contribution in [1.29, 1.82) is 0 Å². The smallest absolute Gasteiger partial charge is 0.406 e. The third-order valence-electron chi connectivity index (χ3n) is 6.08. The van der Waals surface area contributed by atoms with Gasteiger partial charge in [-0.25, -0.2) is 18.2 Å². The molecule has 0 fully saturated rings. The van der Waals surface area contributed by atoms with Crippen LogP contribution in [0.4, 0.5) is 10.6 Å². The number of amides is 1. The van der Waals surface area contributed by atoms with Crippen molar-refractivity contribution in [3.05, 3.63) is 83.6 Å². The number of rotatable bonds is 13. The van der Waals surface area contributed by atoms with Crippen molar-refractivity contribution in [2.24, 2.45) is 5.92 Å². The van der Waals surface area contributed by atoms with Gasteiger partial charge in [-0.15, -0.1) is 0 Å². The third-order valence-corrected chi connectivity index (χ3v) is 7.96. The van der Waals surface area contributed by atoms with Crippen molar-refractivity contribution >= 4 is 21.9 Å². The van der Waals surface area contributed by atoms with Crippen LogP contribution in [0.25, 0.3) is 0 Å². The Morgan fingerprint density at radius 2 is 1.77 bits per heavy atom. The number of sulfonamides is 1. The number of pyridine rings is 1. The summed E-state index contributed by atoms with van der Waals surface area (Å²) in [5.74, 6) is 0.938. The zero-order valence-electron chi connectivity index (χ0n) is 22.4. The van der Waals surface area contributed by atoms with Gasteiger partial charge in [-0.2, -0.15) is 4.31 Å². The molecule has 0 spiro atoms. The van der Waals surface area contributed by atoms with Crippen LogP contribution in [0.3, 0.4) is 0 Å². The first kappa shape index (κ1) is 29.9. The van der Waals surface area contributed by atoms with E-state index in [1.807, 2.05) is 44.2 Å². The number of methoxy groups -OCH3 is 1. The van der Waals surface area contributed by atoms with Crippen LogP contribution in [-0.4, -0.2) is 59.9 Å². The Morgan fingerprint density at radius 1 is 1.10 bits per heavy atom. The number of aliphatic hydroxyl groups is 1. The van der Waals surface area contributed by atoms with Crippen LogP contribution in [-0.2, 0) is 22.9 Å². The molecule has 5 N–H and O–H groups in total. The van der Waals surface area contributed by atoms with Crippen molar-refractivity contribution in [2.45, 2.75) is 43.7 Å². The molecule has 0 saturated carbocycles. The number of carbonyl (C=O) groups is 1. The zero-order valence-corrected chi connectivity index (χ0v) is 23.2. The normalized spacial score (nSPS) is 13.3. The molecule has 3 rings (SSSR count). The topological polar surface area (TPSA) is 155 Å². The average molecular weight is 557 g/mol. The van der Waals surface area contributed by atoms with Crippen LogP contribution in [0.15, 0.2) is 71.6 Å². The van der Waals surface area contributed by atoms with Crippen molar-refractivity contribution < 1.29 is 28.2 Å². The number of anilines is 1. The molecule has 1 atom stereocenters. The second-order valence-corrected chi connectivity index (χ2v) is 11.8. The molecule has 0 bridgehead atoms. The van der Waals surface area contributed by atoms with Crippen molar-refractivity contribution in [2.75, 3.05) is 25.9 Å². The fraction of sp³-hybridized carbons (Fsp3) is 0.357. The van der Waals surface area contributed by atoms with Gasteiger partial charge >= 0.3 is 6.09 Å². The van der Waals surface area contributed by atoms with Crippen molar-refractivity contribution in [1.82, 2.24) is 14.6 Å². The summed E-state index contributed by atoms with van der Waals surface area (Å²) in [6.45, 7) is 3.87. The minimum absolute atomic E-state index is 0.00383. The van der Waals surface area contributed by atoms with E-state index in [1.165, 1.54) is 23.5 Å². The largest absolute Gasteiger partial charge is 0.497 e. The molecule has 0 saturated heterocycles. The molecule has 1 heterocycles. The highest BCUT2D eigenvalue weighted by atomic mass is 32.2. The first-order valence-corrected chi connectivity index (χ1v) is 14.0. The van der Waals surface area contributed by atoms with E-state index in [1.54, 1.807) is 24.3 Å². The van der Waals surface area contributed by atoms with Gasteiger partial charge in [0.2, 0.25) is 10.0 Å². The Hall–Kier alpha value is -3.67. The van der Waals surface area contributed by atoms with E-state index in [0.29, 0.717) is 23.6 Å². The summed E-state index contributed by atoms with van der Waals surface area (Å²) in [5, 5.41) is 23.0. The molecule has 0 radical (unpaired) electrons. The van der Waals surface area contributed by atoms with E-state index in [0.717, 1.165) is 11.3 Å². The molecule has 39 heavy (non-hydrogen) atoms. The lowest BCUT2D eigenvalue weighted by molar-refractivity contribution is -0.00178. The van der Waals surface area contributed by atoms with Gasteiger partial charge in [-0.1, -0.05) is 44.2 Å². The molecule has 0 aliphatic heterocycles. The highest BCUT2D eigenvalue weighted by Gasteiger charge is 2.33. The number of hydrogen-bond donors (Lipinski definition) is 4. The van der Waals surface area contributed by atoms with E-state index in [9.17, 15) is 23.4 Å². The zero-order chi connectivity index (χ0) is 28.6. The van der Waals surface area contributed by atoms with E-state index in [4.69, 9.17) is 10.5 Å². The van der Waals surface area contributed by atoms with Crippen LogP contribution in [0, 0.1) is 5.92 Å². The lowest BCUT2D eigenvalue weighted by Gasteiger charge is -2.32. The average Bonchev–Trinajstić information content (AvgIpc) is 2.86. The molecule has 1 unspecified atom stereocenters. The summed E-state index contributed by atoms with van der Waals surface area (Å²) in [6.07, 6.45) is -1.13. The maximum Gasteiger partial charge on any atom is 0.406 e. The van der Waals surface area contributed by atoms with Gasteiger partial charge in [0.25, 0.3) is 0 Å². The monoisotopic (exact) mass is 556 g/mol.